The van der Waals surface area contributed by atoms with Gasteiger partial charge in [0.2, 0.25) is 5.95 Å². The molecular formula is C11H9ClN4O2S. The van der Waals surface area contributed by atoms with Gasteiger partial charge in [-0.1, -0.05) is 23.4 Å². The Morgan fingerprint density at radius 1 is 1.37 bits per heavy atom. The second-order valence-electron chi connectivity index (χ2n) is 3.45. The Balaban J connectivity index is 2.23. The van der Waals surface area contributed by atoms with Gasteiger partial charge in [0.25, 0.3) is 5.69 Å². The zero-order valence-corrected chi connectivity index (χ0v) is 11.4. The van der Waals surface area contributed by atoms with Crippen molar-refractivity contribution >= 4 is 35.0 Å². The highest BCUT2D eigenvalue weighted by atomic mass is 35.5. The maximum absolute atomic E-state index is 10.6. The lowest BCUT2D eigenvalue weighted by Crippen LogP contribution is -1.96. The quantitative estimate of drug-likeness (QED) is 0.530. The van der Waals surface area contributed by atoms with Crippen molar-refractivity contribution in [2.45, 2.75) is 9.92 Å². The molecule has 0 bridgehead atoms. The summed E-state index contributed by atoms with van der Waals surface area (Å²) >= 11 is 7.32. The van der Waals surface area contributed by atoms with Crippen LogP contribution in [0.3, 0.4) is 0 Å². The highest BCUT2D eigenvalue weighted by molar-refractivity contribution is 7.99. The average Bonchev–Trinajstić information content (AvgIpc) is 2.42. The summed E-state index contributed by atoms with van der Waals surface area (Å²) in [6.07, 6.45) is 1.51. The first-order valence-corrected chi connectivity index (χ1v) is 6.42. The topological polar surface area (TPSA) is 81.0 Å². The number of halogens is 1. The number of aromatic nitrogens is 2. The molecule has 1 aromatic carbocycles. The second-order valence-corrected chi connectivity index (χ2v) is 4.92. The molecular weight excluding hydrogens is 288 g/mol. The van der Waals surface area contributed by atoms with E-state index in [0.29, 0.717) is 16.0 Å². The summed E-state index contributed by atoms with van der Waals surface area (Å²) in [6, 6.07) is 6.19. The van der Waals surface area contributed by atoms with E-state index in [4.69, 9.17) is 11.6 Å². The number of hydrogen-bond donors (Lipinski definition) is 1. The Morgan fingerprint density at radius 2 is 2.05 bits per heavy atom. The molecule has 0 atom stereocenters. The molecule has 1 heterocycles. The molecule has 0 fully saturated rings. The molecule has 0 spiro atoms. The number of nitrogens with zero attached hydrogens (tertiary/aromatic N) is 3. The third-order valence-corrected chi connectivity index (χ3v) is 3.60. The number of hydrogen-bond acceptors (Lipinski definition) is 6. The van der Waals surface area contributed by atoms with Crippen LogP contribution in [0, 0.1) is 10.1 Å². The molecule has 98 valence electrons. The molecule has 2 rings (SSSR count). The Morgan fingerprint density at radius 3 is 2.63 bits per heavy atom. The second kappa shape index (κ2) is 5.85. The molecule has 0 saturated carbocycles. The van der Waals surface area contributed by atoms with Gasteiger partial charge in [0.1, 0.15) is 5.03 Å². The van der Waals surface area contributed by atoms with Crippen LogP contribution in [-0.2, 0) is 0 Å². The number of non-ortho nitro benzene ring substituents is 1. The molecule has 0 saturated heterocycles. The molecule has 0 unspecified atom stereocenters. The van der Waals surface area contributed by atoms with Crippen LogP contribution in [0.15, 0.2) is 40.4 Å². The number of rotatable bonds is 4. The molecule has 0 aliphatic rings. The van der Waals surface area contributed by atoms with Crippen molar-refractivity contribution < 1.29 is 4.92 Å². The molecule has 2 aromatic rings. The van der Waals surface area contributed by atoms with E-state index in [-0.39, 0.29) is 5.69 Å². The molecule has 8 heteroatoms. The van der Waals surface area contributed by atoms with Gasteiger partial charge in [0.15, 0.2) is 0 Å². The largest absolute Gasteiger partial charge is 0.357 e. The van der Waals surface area contributed by atoms with E-state index in [1.54, 1.807) is 19.2 Å². The van der Waals surface area contributed by atoms with Crippen molar-refractivity contribution in [1.82, 2.24) is 9.97 Å². The first-order valence-electron chi connectivity index (χ1n) is 5.23. The number of anilines is 1. The lowest BCUT2D eigenvalue weighted by atomic mass is 10.3. The molecule has 1 N–H and O–H groups in total. The Kier molecular flexibility index (Phi) is 4.18. The van der Waals surface area contributed by atoms with Gasteiger partial charge in [-0.25, -0.2) is 9.97 Å². The van der Waals surface area contributed by atoms with E-state index in [1.165, 1.54) is 30.1 Å². The molecule has 0 amide bonds. The van der Waals surface area contributed by atoms with Crippen LogP contribution >= 0.6 is 23.4 Å². The summed E-state index contributed by atoms with van der Waals surface area (Å²) in [6.45, 7) is 0. The number of nitrogens with one attached hydrogen (secondary N) is 1. The van der Waals surface area contributed by atoms with Crippen LogP contribution < -0.4 is 5.32 Å². The van der Waals surface area contributed by atoms with Crippen LogP contribution in [0.1, 0.15) is 0 Å². The highest BCUT2D eigenvalue weighted by Crippen LogP contribution is 2.32. The van der Waals surface area contributed by atoms with Gasteiger partial charge >= 0.3 is 0 Å². The Bertz CT molecular complexity index is 606. The van der Waals surface area contributed by atoms with Crippen LogP contribution in [0.25, 0.3) is 0 Å². The lowest BCUT2D eigenvalue weighted by molar-refractivity contribution is -0.384. The van der Waals surface area contributed by atoms with E-state index >= 15 is 0 Å². The maximum atomic E-state index is 10.6. The van der Waals surface area contributed by atoms with Crippen LogP contribution in [0.5, 0.6) is 0 Å². The van der Waals surface area contributed by atoms with Crippen molar-refractivity contribution in [2.24, 2.45) is 0 Å². The summed E-state index contributed by atoms with van der Waals surface area (Å²) in [4.78, 5) is 19.1. The first-order chi connectivity index (χ1) is 9.10. The van der Waals surface area contributed by atoms with Gasteiger partial charge in [0.05, 0.1) is 16.1 Å². The average molecular weight is 297 g/mol. The van der Waals surface area contributed by atoms with Crippen LogP contribution in [-0.4, -0.2) is 21.9 Å². The van der Waals surface area contributed by atoms with Gasteiger partial charge in [-0.3, -0.25) is 10.1 Å². The van der Waals surface area contributed by atoms with Crippen LogP contribution in [0.4, 0.5) is 11.6 Å². The zero-order valence-electron chi connectivity index (χ0n) is 9.83. The fourth-order valence-corrected chi connectivity index (χ4v) is 2.28. The van der Waals surface area contributed by atoms with Crippen molar-refractivity contribution in [3.8, 4) is 0 Å². The summed E-state index contributed by atoms with van der Waals surface area (Å²) in [5, 5.41) is 14.4. The van der Waals surface area contributed by atoms with Gasteiger partial charge in [0, 0.05) is 24.1 Å². The number of benzene rings is 1. The van der Waals surface area contributed by atoms with E-state index < -0.39 is 4.92 Å². The third-order valence-electron chi connectivity index (χ3n) is 2.20. The standard InChI is InChI=1S/C11H9ClN4O2S/c1-13-11-14-6-9(12)10(15-11)19-8-4-2-7(3-5-8)16(17)18/h2-6H,1H3,(H,13,14,15). The van der Waals surface area contributed by atoms with E-state index in [0.717, 1.165) is 4.90 Å². The highest BCUT2D eigenvalue weighted by Gasteiger charge is 2.09. The predicted molar refractivity (Wildman–Crippen MR) is 73.8 cm³/mol. The van der Waals surface area contributed by atoms with E-state index in [9.17, 15) is 10.1 Å². The minimum atomic E-state index is -0.439. The van der Waals surface area contributed by atoms with Gasteiger partial charge in [-0.15, -0.1) is 0 Å². The molecule has 0 radical (unpaired) electrons. The predicted octanol–water partition coefficient (Wildman–Crippen LogP) is 3.23. The third kappa shape index (κ3) is 3.33. The molecule has 0 aliphatic carbocycles. The van der Waals surface area contributed by atoms with Crippen molar-refractivity contribution in [3.63, 3.8) is 0 Å². The molecule has 0 aliphatic heterocycles. The fraction of sp³-hybridized carbons (Fsp3) is 0.0909. The SMILES string of the molecule is CNc1ncc(Cl)c(Sc2ccc([N+](=O)[O-])cc2)n1. The van der Waals surface area contributed by atoms with E-state index in [2.05, 4.69) is 15.3 Å². The Labute approximate surface area is 118 Å². The van der Waals surface area contributed by atoms with Gasteiger partial charge in [-0.2, -0.15) is 0 Å². The van der Waals surface area contributed by atoms with Crippen LogP contribution in [0.2, 0.25) is 5.02 Å². The van der Waals surface area contributed by atoms with Crippen molar-refractivity contribution in [3.05, 3.63) is 45.6 Å². The van der Waals surface area contributed by atoms with Crippen molar-refractivity contribution in [1.29, 1.82) is 0 Å². The minimum absolute atomic E-state index is 0.0500. The monoisotopic (exact) mass is 296 g/mol. The van der Waals surface area contributed by atoms with Crippen molar-refractivity contribution in [2.75, 3.05) is 12.4 Å². The Hall–Kier alpha value is -1.86. The van der Waals surface area contributed by atoms with Gasteiger partial charge < -0.3 is 5.32 Å². The molecule has 6 nitrogen and oxygen atoms in total. The summed E-state index contributed by atoms with van der Waals surface area (Å²) in [5.74, 6) is 0.466. The zero-order chi connectivity index (χ0) is 13.8. The number of nitro groups is 1. The molecule has 19 heavy (non-hydrogen) atoms. The number of nitro benzene ring substituents is 1. The first kappa shape index (κ1) is 13.6. The smallest absolute Gasteiger partial charge is 0.269 e. The lowest BCUT2D eigenvalue weighted by Gasteiger charge is -2.05. The summed E-state index contributed by atoms with van der Waals surface area (Å²) < 4.78 is 0. The van der Waals surface area contributed by atoms with Gasteiger partial charge in [-0.05, 0) is 12.1 Å². The normalized spacial score (nSPS) is 10.2. The minimum Gasteiger partial charge on any atom is -0.357 e. The summed E-state index contributed by atoms with van der Waals surface area (Å²) in [7, 11) is 1.71. The summed E-state index contributed by atoms with van der Waals surface area (Å²) in [5.41, 5.74) is 0.0500. The maximum Gasteiger partial charge on any atom is 0.269 e. The molecule has 1 aromatic heterocycles. The van der Waals surface area contributed by atoms with E-state index in [1.807, 2.05) is 0 Å². The fourth-order valence-electron chi connectivity index (χ4n) is 1.29.